The van der Waals surface area contributed by atoms with Crippen molar-refractivity contribution in [2.24, 2.45) is 0 Å². The monoisotopic (exact) mass is 378 g/mol. The number of nitrogens with zero attached hydrogens (tertiary/aromatic N) is 1. The third-order valence-electron chi connectivity index (χ3n) is 2.96. The summed E-state index contributed by atoms with van der Waals surface area (Å²) in [6.45, 7) is 1.49. The van der Waals surface area contributed by atoms with E-state index in [0.717, 1.165) is 0 Å². The average Bonchev–Trinajstić information content (AvgIpc) is 2.55. The first-order chi connectivity index (χ1) is 11.0. The van der Waals surface area contributed by atoms with Crippen molar-refractivity contribution in [2.45, 2.75) is 13.0 Å². The minimum Gasteiger partial charge on any atom is -0.495 e. The molecule has 7 heteroatoms. The summed E-state index contributed by atoms with van der Waals surface area (Å²) in [5, 5.41) is 2.66. The molecule has 1 amide bonds. The van der Waals surface area contributed by atoms with Crippen LogP contribution >= 0.6 is 15.9 Å². The molecule has 1 aromatic carbocycles. The lowest BCUT2D eigenvalue weighted by Gasteiger charge is -2.15. The number of ether oxygens (including phenoxy) is 2. The van der Waals surface area contributed by atoms with E-state index in [0.29, 0.717) is 15.9 Å². The molecule has 0 aliphatic heterocycles. The third kappa shape index (κ3) is 4.53. The van der Waals surface area contributed by atoms with Gasteiger partial charge in [-0.2, -0.15) is 0 Å². The molecule has 0 bridgehead atoms. The number of halogens is 1. The molecule has 2 rings (SSSR count). The van der Waals surface area contributed by atoms with Gasteiger partial charge in [0.25, 0.3) is 5.91 Å². The van der Waals surface area contributed by atoms with E-state index < -0.39 is 18.0 Å². The predicted octanol–water partition coefficient (Wildman–Crippen LogP) is 3.04. The number of esters is 1. The number of carbonyl (C=O) groups excluding carboxylic acids is 2. The van der Waals surface area contributed by atoms with Gasteiger partial charge in [0.15, 0.2) is 6.10 Å². The molecule has 0 spiro atoms. The van der Waals surface area contributed by atoms with Crippen LogP contribution < -0.4 is 10.1 Å². The van der Waals surface area contributed by atoms with Gasteiger partial charge in [-0.1, -0.05) is 12.1 Å². The Morgan fingerprint density at radius 2 is 2.00 bits per heavy atom. The molecule has 120 valence electrons. The normalized spacial score (nSPS) is 11.4. The number of rotatable bonds is 5. The quantitative estimate of drug-likeness (QED) is 0.809. The highest BCUT2D eigenvalue weighted by Crippen LogP contribution is 2.23. The number of anilines is 1. The first-order valence-electron chi connectivity index (χ1n) is 6.76. The van der Waals surface area contributed by atoms with Crippen LogP contribution in [0.3, 0.4) is 0 Å². The Labute approximate surface area is 142 Å². The molecule has 0 unspecified atom stereocenters. The van der Waals surface area contributed by atoms with Gasteiger partial charge in [-0.05, 0) is 41.1 Å². The van der Waals surface area contributed by atoms with Gasteiger partial charge in [0.1, 0.15) is 5.75 Å². The van der Waals surface area contributed by atoms with E-state index in [1.165, 1.54) is 20.2 Å². The molecular formula is C16H15BrN2O4. The molecule has 0 aliphatic rings. The smallest absolute Gasteiger partial charge is 0.340 e. The number of carbonyl (C=O) groups is 2. The number of hydrogen-bond donors (Lipinski definition) is 1. The fourth-order valence-electron chi connectivity index (χ4n) is 1.79. The Morgan fingerprint density at radius 1 is 1.26 bits per heavy atom. The molecule has 0 aliphatic carbocycles. The van der Waals surface area contributed by atoms with Crippen LogP contribution in [0.4, 0.5) is 5.69 Å². The minimum absolute atomic E-state index is 0.260. The first-order valence-corrected chi connectivity index (χ1v) is 7.56. The molecule has 23 heavy (non-hydrogen) atoms. The van der Waals surface area contributed by atoms with E-state index in [9.17, 15) is 9.59 Å². The van der Waals surface area contributed by atoms with Gasteiger partial charge in [-0.3, -0.25) is 9.78 Å². The van der Waals surface area contributed by atoms with E-state index in [-0.39, 0.29) is 5.56 Å². The van der Waals surface area contributed by atoms with Gasteiger partial charge in [-0.15, -0.1) is 0 Å². The highest BCUT2D eigenvalue weighted by molar-refractivity contribution is 9.10. The van der Waals surface area contributed by atoms with E-state index in [1.54, 1.807) is 36.5 Å². The van der Waals surface area contributed by atoms with Gasteiger partial charge >= 0.3 is 5.97 Å². The van der Waals surface area contributed by atoms with E-state index in [1.807, 2.05) is 0 Å². The second-order valence-electron chi connectivity index (χ2n) is 4.63. The van der Waals surface area contributed by atoms with Crippen LogP contribution in [0.15, 0.2) is 47.2 Å². The fraction of sp³-hybridized carbons (Fsp3) is 0.188. The lowest BCUT2D eigenvalue weighted by Crippen LogP contribution is -2.30. The molecule has 1 N–H and O–H groups in total. The number of hydrogen-bond acceptors (Lipinski definition) is 5. The molecule has 0 saturated heterocycles. The summed E-state index contributed by atoms with van der Waals surface area (Å²) in [5.74, 6) is -0.553. The Morgan fingerprint density at radius 3 is 2.70 bits per heavy atom. The molecule has 1 aromatic heterocycles. The van der Waals surface area contributed by atoms with Crippen molar-refractivity contribution < 1.29 is 19.1 Å². The van der Waals surface area contributed by atoms with E-state index in [4.69, 9.17) is 9.47 Å². The number of amides is 1. The molecular weight excluding hydrogens is 364 g/mol. The van der Waals surface area contributed by atoms with Crippen LogP contribution in [0, 0.1) is 0 Å². The number of para-hydroxylation sites is 2. The topological polar surface area (TPSA) is 77.5 Å². The fourth-order valence-corrected chi connectivity index (χ4v) is 2.15. The highest BCUT2D eigenvalue weighted by Gasteiger charge is 2.20. The highest BCUT2D eigenvalue weighted by atomic mass is 79.9. The van der Waals surface area contributed by atoms with Crippen LogP contribution in [0.25, 0.3) is 0 Å². The lowest BCUT2D eigenvalue weighted by atomic mass is 10.2. The first kappa shape index (κ1) is 17.0. The second kappa shape index (κ2) is 7.73. The van der Waals surface area contributed by atoms with Crippen LogP contribution in [0.5, 0.6) is 5.75 Å². The molecule has 0 saturated carbocycles. The Balaban J connectivity index is 2.01. The molecule has 1 heterocycles. The van der Waals surface area contributed by atoms with Crippen molar-refractivity contribution in [1.82, 2.24) is 4.98 Å². The molecule has 0 fully saturated rings. The number of pyridine rings is 1. The average molecular weight is 379 g/mol. The van der Waals surface area contributed by atoms with Gasteiger partial charge < -0.3 is 14.8 Å². The van der Waals surface area contributed by atoms with Crippen LogP contribution in [-0.4, -0.2) is 30.1 Å². The summed E-state index contributed by atoms with van der Waals surface area (Å²) in [7, 11) is 1.51. The summed E-state index contributed by atoms with van der Waals surface area (Å²) in [6, 6.07) is 8.54. The Hall–Kier alpha value is -2.41. The molecule has 6 nitrogen and oxygen atoms in total. The summed E-state index contributed by atoms with van der Waals surface area (Å²) in [5.41, 5.74) is 0.767. The van der Waals surface area contributed by atoms with Crippen LogP contribution in [0.2, 0.25) is 0 Å². The molecule has 1 atom stereocenters. The van der Waals surface area contributed by atoms with Gasteiger partial charge in [-0.25, -0.2) is 4.79 Å². The van der Waals surface area contributed by atoms with E-state index in [2.05, 4.69) is 26.2 Å². The third-order valence-corrected chi connectivity index (χ3v) is 3.39. The summed E-state index contributed by atoms with van der Waals surface area (Å²) >= 11 is 3.22. The largest absolute Gasteiger partial charge is 0.495 e. The van der Waals surface area contributed by atoms with Crippen molar-refractivity contribution in [3.8, 4) is 5.75 Å². The SMILES string of the molecule is COc1ccccc1NC(=O)[C@H](C)OC(=O)c1cncc(Br)c1. The van der Waals surface area contributed by atoms with Crippen molar-refractivity contribution in [3.63, 3.8) is 0 Å². The van der Waals surface area contributed by atoms with Crippen LogP contribution in [-0.2, 0) is 9.53 Å². The molecule has 2 aromatic rings. The summed E-state index contributed by atoms with van der Waals surface area (Å²) in [6.07, 6.45) is 1.96. The number of aromatic nitrogens is 1. The number of benzene rings is 1. The summed E-state index contributed by atoms with van der Waals surface area (Å²) in [4.78, 5) is 28.0. The number of nitrogens with one attached hydrogen (secondary N) is 1. The van der Waals surface area contributed by atoms with Gasteiger partial charge in [0.05, 0.1) is 18.4 Å². The minimum atomic E-state index is -0.966. The van der Waals surface area contributed by atoms with Crippen molar-refractivity contribution >= 4 is 33.5 Å². The van der Waals surface area contributed by atoms with E-state index >= 15 is 0 Å². The predicted molar refractivity (Wildman–Crippen MR) is 88.4 cm³/mol. The maximum atomic E-state index is 12.1. The van der Waals surface area contributed by atoms with Gasteiger partial charge in [0, 0.05) is 16.9 Å². The maximum absolute atomic E-state index is 12.1. The second-order valence-corrected chi connectivity index (χ2v) is 5.54. The Bertz CT molecular complexity index is 721. The standard InChI is InChI=1S/C16H15BrN2O4/c1-10(23-16(21)11-7-12(17)9-18-8-11)15(20)19-13-5-3-4-6-14(13)22-2/h3-10H,1-2H3,(H,19,20)/t10-/m0/s1. The van der Waals surface area contributed by atoms with Crippen molar-refractivity contribution in [1.29, 1.82) is 0 Å². The van der Waals surface area contributed by atoms with Crippen LogP contribution in [0.1, 0.15) is 17.3 Å². The zero-order chi connectivity index (χ0) is 16.8. The van der Waals surface area contributed by atoms with Crippen molar-refractivity contribution in [2.75, 3.05) is 12.4 Å². The molecule has 0 radical (unpaired) electrons. The van der Waals surface area contributed by atoms with Crippen molar-refractivity contribution in [3.05, 3.63) is 52.8 Å². The zero-order valence-corrected chi connectivity index (χ0v) is 14.2. The lowest BCUT2D eigenvalue weighted by molar-refractivity contribution is -0.123. The zero-order valence-electron chi connectivity index (χ0n) is 12.6. The Kier molecular flexibility index (Phi) is 5.70. The number of methoxy groups -OCH3 is 1. The van der Waals surface area contributed by atoms with Gasteiger partial charge in [0.2, 0.25) is 0 Å². The maximum Gasteiger partial charge on any atom is 0.340 e. The summed E-state index contributed by atoms with van der Waals surface area (Å²) < 4.78 is 11.0.